The molecule has 0 unspecified atom stereocenters. The quantitative estimate of drug-likeness (QED) is 0.378. The second-order valence-corrected chi connectivity index (χ2v) is 12.5. The van der Waals surface area contributed by atoms with Crippen LogP contribution in [0.4, 0.5) is 14.9 Å². The van der Waals surface area contributed by atoms with Crippen LogP contribution in [0.25, 0.3) is 0 Å². The molecule has 2 bridgehead atoms. The topological polar surface area (TPSA) is 170 Å². The van der Waals surface area contributed by atoms with Gasteiger partial charge in [-0.15, -0.1) is 0 Å². The van der Waals surface area contributed by atoms with E-state index in [0.717, 1.165) is 6.26 Å². The smallest absolute Gasteiger partial charge is 0.411 e. The number of hydrogen-bond donors (Lipinski definition) is 3. The minimum atomic E-state index is -1.50. The molecule has 6 atom stereocenters. The van der Waals surface area contributed by atoms with E-state index in [-0.39, 0.29) is 44.1 Å². The van der Waals surface area contributed by atoms with E-state index < -0.39 is 60.1 Å². The third-order valence-corrected chi connectivity index (χ3v) is 8.38. The second kappa shape index (κ2) is 18.1. The summed E-state index contributed by atoms with van der Waals surface area (Å²) < 4.78 is 36.8. The van der Waals surface area contributed by atoms with Gasteiger partial charge in [-0.3, -0.25) is 14.9 Å². The average Bonchev–Trinajstić information content (AvgIpc) is 3.77. The van der Waals surface area contributed by atoms with Crippen molar-refractivity contribution in [3.8, 4) is 5.75 Å². The van der Waals surface area contributed by atoms with Crippen LogP contribution in [-0.2, 0) is 25.5 Å². The molecule has 50 heavy (non-hydrogen) atoms. The predicted molar refractivity (Wildman–Crippen MR) is 181 cm³/mol. The lowest BCUT2D eigenvalue weighted by atomic mass is 9.93. The molecule has 270 valence electrons. The highest BCUT2D eigenvalue weighted by molar-refractivity contribution is 5.95. The third kappa shape index (κ3) is 11.0. The van der Waals surface area contributed by atoms with Gasteiger partial charge in [-0.1, -0.05) is 43.7 Å². The molecule has 1 aromatic carbocycles. The Morgan fingerprint density at radius 3 is 2.72 bits per heavy atom. The maximum atomic E-state index is 14.8. The molecule has 4 rings (SSSR count). The summed E-state index contributed by atoms with van der Waals surface area (Å²) in [5.41, 5.74) is 1.09. The van der Waals surface area contributed by atoms with Gasteiger partial charge < -0.3 is 34.0 Å². The molecule has 0 saturated carbocycles. The largest absolute Gasteiger partial charge is 0.497 e. The van der Waals surface area contributed by atoms with Crippen LogP contribution in [0.15, 0.2) is 70.9 Å². The molecule has 3 amide bonds. The van der Waals surface area contributed by atoms with Gasteiger partial charge in [-0.2, -0.15) is 0 Å². The number of carbonyl (C=O) groups is 4. The van der Waals surface area contributed by atoms with Gasteiger partial charge in [0.15, 0.2) is 11.6 Å². The number of hydrogen-bond acceptors (Lipinski definition) is 10. The van der Waals surface area contributed by atoms with Crippen LogP contribution in [0.5, 0.6) is 5.75 Å². The number of esters is 1. The van der Waals surface area contributed by atoms with Crippen molar-refractivity contribution in [3.05, 3.63) is 78.1 Å². The molecule has 1 fully saturated rings. The van der Waals surface area contributed by atoms with Gasteiger partial charge in [0, 0.05) is 37.0 Å². The van der Waals surface area contributed by atoms with Gasteiger partial charge in [0.2, 0.25) is 5.91 Å². The lowest BCUT2D eigenvalue weighted by Crippen LogP contribution is -2.44. The molecule has 1 aromatic heterocycles. The number of aliphatic hydroxyl groups excluding tert-OH is 1. The van der Waals surface area contributed by atoms with Gasteiger partial charge in [0.25, 0.3) is 5.91 Å². The number of methoxy groups -OCH3 is 1. The van der Waals surface area contributed by atoms with Crippen LogP contribution < -0.4 is 15.4 Å². The Kier molecular flexibility index (Phi) is 13.7. The van der Waals surface area contributed by atoms with Crippen molar-refractivity contribution in [1.82, 2.24) is 15.2 Å². The Morgan fingerprint density at radius 2 is 1.98 bits per heavy atom. The fourth-order valence-corrected chi connectivity index (χ4v) is 5.76. The number of alkyl halides is 1. The minimum Gasteiger partial charge on any atom is -0.497 e. The standard InChI is InChI=1S/C36H45FN4O9/c1-22-7-5-15-38-31(43)14-9-23(2)33(24(3)20-49-36(46)39-26-10-12-28(47-4)13-11-26)50-35(45)30-8-6-16-41(30)34(44)29-21-48-32(40-29)19-25(37)18-27(42)17-22/h5,7,9-14,17,21,23-25,27,30,33,42H,6,8,15-16,18-20H2,1-4H3,(H,38,43)(H,39,46)/b7-5+,14-9+,22-17+/t23-,24+,25-,27-,30-,33+/m1/s1. The van der Waals surface area contributed by atoms with E-state index >= 15 is 0 Å². The number of anilines is 1. The maximum absolute atomic E-state index is 14.8. The number of nitrogens with zero attached hydrogens (tertiary/aromatic N) is 2. The highest BCUT2D eigenvalue weighted by Gasteiger charge is 2.39. The number of halogens is 1. The van der Waals surface area contributed by atoms with Crippen molar-refractivity contribution in [3.63, 3.8) is 0 Å². The zero-order valence-electron chi connectivity index (χ0n) is 28.7. The van der Waals surface area contributed by atoms with Crippen molar-refractivity contribution in [2.45, 2.75) is 70.9 Å². The predicted octanol–water partition coefficient (Wildman–Crippen LogP) is 4.54. The van der Waals surface area contributed by atoms with Gasteiger partial charge in [-0.25, -0.2) is 19.0 Å². The first-order valence-corrected chi connectivity index (χ1v) is 16.6. The summed E-state index contributed by atoms with van der Waals surface area (Å²) >= 11 is 0. The maximum Gasteiger partial charge on any atom is 0.411 e. The molecular formula is C36H45FN4O9. The molecule has 2 aliphatic heterocycles. The number of nitrogens with one attached hydrogen (secondary N) is 2. The summed E-state index contributed by atoms with van der Waals surface area (Å²) in [5.74, 6) is -2.03. The van der Waals surface area contributed by atoms with Crippen molar-refractivity contribution in [2.24, 2.45) is 11.8 Å². The van der Waals surface area contributed by atoms with E-state index in [2.05, 4.69) is 15.6 Å². The summed E-state index contributed by atoms with van der Waals surface area (Å²) in [7, 11) is 1.54. The average molecular weight is 697 g/mol. The fourth-order valence-electron chi connectivity index (χ4n) is 5.76. The molecular weight excluding hydrogens is 651 g/mol. The van der Waals surface area contributed by atoms with Crippen LogP contribution in [0.3, 0.4) is 0 Å². The van der Waals surface area contributed by atoms with Crippen LogP contribution in [0.1, 0.15) is 56.4 Å². The van der Waals surface area contributed by atoms with Crippen molar-refractivity contribution >= 4 is 29.6 Å². The number of aliphatic hydroxyl groups is 1. The first-order chi connectivity index (χ1) is 23.9. The zero-order valence-corrected chi connectivity index (χ0v) is 28.7. The highest BCUT2D eigenvalue weighted by atomic mass is 19.1. The summed E-state index contributed by atoms with van der Waals surface area (Å²) in [6, 6.07) is 5.77. The van der Waals surface area contributed by atoms with Crippen molar-refractivity contribution in [1.29, 1.82) is 0 Å². The summed E-state index contributed by atoms with van der Waals surface area (Å²) in [5, 5.41) is 15.7. The molecule has 13 nitrogen and oxygen atoms in total. The van der Waals surface area contributed by atoms with E-state index in [1.54, 1.807) is 63.3 Å². The number of carbonyl (C=O) groups excluding carboxylic acids is 4. The molecule has 0 spiro atoms. The van der Waals surface area contributed by atoms with Crippen LogP contribution >= 0.6 is 0 Å². The zero-order chi connectivity index (χ0) is 36.2. The summed E-state index contributed by atoms with van der Waals surface area (Å²) in [6.07, 6.45) is 5.22. The Morgan fingerprint density at radius 1 is 1.22 bits per heavy atom. The molecule has 3 N–H and O–H groups in total. The van der Waals surface area contributed by atoms with Crippen molar-refractivity contribution in [2.75, 3.05) is 32.1 Å². The van der Waals surface area contributed by atoms with E-state index in [9.17, 15) is 28.7 Å². The number of amides is 3. The van der Waals surface area contributed by atoms with Crippen molar-refractivity contribution < 1.29 is 47.3 Å². The fraction of sp³-hybridized carbons (Fsp3) is 0.472. The number of aromatic nitrogens is 1. The van der Waals surface area contributed by atoms with E-state index in [1.807, 2.05) is 0 Å². The first-order valence-electron chi connectivity index (χ1n) is 16.6. The minimum absolute atomic E-state index is 0.00775. The second-order valence-electron chi connectivity index (χ2n) is 12.5. The number of benzene rings is 1. The Bertz CT molecular complexity index is 1570. The van der Waals surface area contributed by atoms with Crippen LogP contribution in [0.2, 0.25) is 0 Å². The van der Waals surface area contributed by atoms with E-state index in [0.29, 0.717) is 29.9 Å². The Hall–Kier alpha value is -4.98. The van der Waals surface area contributed by atoms with Crippen LogP contribution in [0, 0.1) is 11.8 Å². The van der Waals surface area contributed by atoms with Gasteiger partial charge in [0.05, 0.1) is 26.2 Å². The first kappa shape index (κ1) is 37.8. The number of ether oxygens (including phenoxy) is 3. The van der Waals surface area contributed by atoms with Gasteiger partial charge in [-0.05, 0) is 50.1 Å². The van der Waals surface area contributed by atoms with E-state index in [1.165, 1.54) is 24.2 Å². The number of fused-ring (bicyclic) bond motifs is 3. The molecule has 1 saturated heterocycles. The monoisotopic (exact) mass is 696 g/mol. The molecule has 2 aliphatic rings. The van der Waals surface area contributed by atoms with E-state index in [4.69, 9.17) is 18.6 Å². The summed E-state index contributed by atoms with van der Waals surface area (Å²) in [6.45, 7) is 5.59. The number of rotatable bonds is 5. The molecule has 14 heteroatoms. The Balaban J connectivity index is 1.53. The Labute approximate surface area is 290 Å². The molecule has 0 aliphatic carbocycles. The molecule has 0 radical (unpaired) electrons. The van der Waals surface area contributed by atoms with Gasteiger partial charge >= 0.3 is 12.1 Å². The van der Waals surface area contributed by atoms with Crippen LogP contribution in [-0.4, -0.2) is 90.1 Å². The SMILES string of the molecule is COc1ccc(NC(=O)OC[C@H](C)[C@H]2OC(=O)[C@H]3CCCN3C(=O)c3coc(n3)C[C@H](F)C[C@H](O)/C=C(C)/C=C/CNC(=O)/C=C/[C@H]2C)cc1. The molecule has 2 aromatic rings. The third-order valence-electron chi connectivity index (χ3n) is 8.38. The molecule has 3 heterocycles. The number of cyclic esters (lactones) is 1. The number of allylic oxidation sites excluding steroid dienone is 2. The normalized spacial score (nSPS) is 27.1. The highest BCUT2D eigenvalue weighted by Crippen LogP contribution is 2.26. The lowest BCUT2D eigenvalue weighted by molar-refractivity contribution is -0.159. The van der Waals surface area contributed by atoms with Gasteiger partial charge in [0.1, 0.15) is 30.3 Å². The lowest BCUT2D eigenvalue weighted by Gasteiger charge is -2.30. The number of oxazole rings is 1. The summed E-state index contributed by atoms with van der Waals surface area (Å²) in [4.78, 5) is 57.8.